The molecule has 0 spiro atoms. The number of benzene rings is 2. The van der Waals surface area contributed by atoms with Gasteiger partial charge in [-0.05, 0) is 54.3 Å². The molecule has 0 aliphatic carbocycles. The zero-order valence-corrected chi connectivity index (χ0v) is 16.5. The first-order valence-electron chi connectivity index (χ1n) is 9.42. The van der Waals surface area contributed by atoms with Crippen LogP contribution in [0.2, 0.25) is 0 Å². The first-order chi connectivity index (χ1) is 13.1. The highest BCUT2D eigenvalue weighted by molar-refractivity contribution is 7.81. The molecule has 4 rings (SSSR count). The Kier molecular flexibility index (Phi) is 5.00. The molecule has 0 bridgehead atoms. The van der Waals surface area contributed by atoms with Crippen LogP contribution in [0.5, 0.6) is 11.5 Å². The van der Waals surface area contributed by atoms with Crippen LogP contribution < -0.4 is 9.47 Å². The number of carbonyl (C=O) groups excluding carboxylic acids is 1. The van der Waals surface area contributed by atoms with E-state index in [1.807, 2.05) is 35.4 Å². The second-order valence-electron chi connectivity index (χ2n) is 7.08. The van der Waals surface area contributed by atoms with Crippen LogP contribution in [-0.4, -0.2) is 48.6 Å². The van der Waals surface area contributed by atoms with Gasteiger partial charge in [-0.1, -0.05) is 6.92 Å². The molecule has 0 N–H and O–H groups in total. The fraction of sp³-hybridized carbons (Fsp3) is 0.429. The van der Waals surface area contributed by atoms with Crippen molar-refractivity contribution >= 4 is 41.2 Å². The molecule has 142 valence electrons. The predicted molar refractivity (Wildman–Crippen MR) is 111 cm³/mol. The Morgan fingerprint density at radius 2 is 2.04 bits per heavy atom. The fourth-order valence-electron chi connectivity index (χ4n) is 3.67. The van der Waals surface area contributed by atoms with Crippen LogP contribution in [-0.2, 0) is 0 Å². The van der Waals surface area contributed by atoms with Crippen molar-refractivity contribution in [3.05, 3.63) is 29.8 Å². The SMILES string of the molecule is CCC(S)COc1cc2cc3c(cc2cc1OC)C(=O)N1CCCC1C=N3. The monoisotopic (exact) mass is 384 g/mol. The maximum absolute atomic E-state index is 13.0. The van der Waals surface area contributed by atoms with Gasteiger partial charge in [0, 0.05) is 18.0 Å². The Balaban J connectivity index is 1.76. The molecule has 2 aliphatic heterocycles. The molecular formula is C21H24N2O3S. The molecule has 2 unspecified atom stereocenters. The lowest BCUT2D eigenvalue weighted by Gasteiger charge is -2.20. The third-order valence-corrected chi connectivity index (χ3v) is 5.83. The highest BCUT2D eigenvalue weighted by Gasteiger charge is 2.31. The smallest absolute Gasteiger partial charge is 0.256 e. The van der Waals surface area contributed by atoms with E-state index in [0.29, 0.717) is 23.7 Å². The average molecular weight is 385 g/mol. The lowest BCUT2D eigenvalue weighted by molar-refractivity contribution is 0.0775. The summed E-state index contributed by atoms with van der Waals surface area (Å²) in [6, 6.07) is 7.88. The maximum atomic E-state index is 13.0. The number of carbonyl (C=O) groups is 1. The summed E-state index contributed by atoms with van der Waals surface area (Å²) in [5.41, 5.74) is 1.37. The van der Waals surface area contributed by atoms with Gasteiger partial charge in [0.05, 0.1) is 31.0 Å². The Hall–Kier alpha value is -2.21. The topological polar surface area (TPSA) is 51.1 Å². The lowest BCUT2D eigenvalue weighted by atomic mass is 10.0. The van der Waals surface area contributed by atoms with Crippen LogP contribution >= 0.6 is 12.6 Å². The summed E-state index contributed by atoms with van der Waals surface area (Å²) < 4.78 is 11.4. The van der Waals surface area contributed by atoms with Crippen molar-refractivity contribution in [1.82, 2.24) is 4.90 Å². The van der Waals surface area contributed by atoms with Gasteiger partial charge in [0.2, 0.25) is 0 Å². The van der Waals surface area contributed by atoms with E-state index in [-0.39, 0.29) is 17.2 Å². The summed E-state index contributed by atoms with van der Waals surface area (Å²) in [6.07, 6.45) is 4.86. The number of hydrogen-bond acceptors (Lipinski definition) is 5. The zero-order valence-electron chi connectivity index (χ0n) is 15.6. The maximum Gasteiger partial charge on any atom is 0.256 e. The van der Waals surface area contributed by atoms with Crippen LogP contribution in [0.3, 0.4) is 0 Å². The van der Waals surface area contributed by atoms with E-state index < -0.39 is 0 Å². The summed E-state index contributed by atoms with van der Waals surface area (Å²) in [5.74, 6) is 1.40. The van der Waals surface area contributed by atoms with Gasteiger partial charge in [-0.3, -0.25) is 9.79 Å². The van der Waals surface area contributed by atoms with E-state index in [1.54, 1.807) is 7.11 Å². The van der Waals surface area contributed by atoms with E-state index in [1.165, 1.54) is 0 Å². The first kappa shape index (κ1) is 18.2. The van der Waals surface area contributed by atoms with Crippen molar-refractivity contribution < 1.29 is 14.3 Å². The van der Waals surface area contributed by atoms with Crippen LogP contribution in [0.4, 0.5) is 5.69 Å². The zero-order chi connectivity index (χ0) is 19.0. The van der Waals surface area contributed by atoms with E-state index in [4.69, 9.17) is 9.47 Å². The van der Waals surface area contributed by atoms with Gasteiger partial charge in [0.25, 0.3) is 5.91 Å². The van der Waals surface area contributed by atoms with Crippen LogP contribution in [0, 0.1) is 0 Å². The Morgan fingerprint density at radius 3 is 2.81 bits per heavy atom. The fourth-order valence-corrected chi connectivity index (χ4v) is 3.75. The molecule has 2 aliphatic rings. The molecule has 2 aromatic rings. The van der Waals surface area contributed by atoms with Crippen molar-refractivity contribution in [2.45, 2.75) is 37.5 Å². The molecule has 5 nitrogen and oxygen atoms in total. The van der Waals surface area contributed by atoms with Gasteiger partial charge < -0.3 is 14.4 Å². The van der Waals surface area contributed by atoms with Crippen LogP contribution in [0.25, 0.3) is 10.8 Å². The normalized spacial score (nSPS) is 19.6. The summed E-state index contributed by atoms with van der Waals surface area (Å²) in [5, 5.41) is 2.09. The van der Waals surface area contributed by atoms with Crippen molar-refractivity contribution in [2.24, 2.45) is 4.99 Å². The first-order valence-corrected chi connectivity index (χ1v) is 9.94. The third kappa shape index (κ3) is 3.38. The summed E-state index contributed by atoms with van der Waals surface area (Å²) in [4.78, 5) is 19.5. The molecule has 1 fully saturated rings. The minimum Gasteiger partial charge on any atom is -0.493 e. The molecule has 0 radical (unpaired) electrons. The molecule has 2 atom stereocenters. The molecule has 1 amide bonds. The van der Waals surface area contributed by atoms with E-state index >= 15 is 0 Å². The number of amides is 1. The average Bonchev–Trinajstić information content (AvgIpc) is 3.12. The number of fused-ring (bicyclic) bond motifs is 3. The molecule has 1 saturated heterocycles. The molecule has 2 aromatic carbocycles. The highest BCUT2D eigenvalue weighted by Crippen LogP contribution is 2.37. The van der Waals surface area contributed by atoms with Crippen LogP contribution in [0.1, 0.15) is 36.5 Å². The van der Waals surface area contributed by atoms with Crippen molar-refractivity contribution in [3.8, 4) is 11.5 Å². The van der Waals surface area contributed by atoms with Gasteiger partial charge in [0.1, 0.15) is 0 Å². The minimum absolute atomic E-state index is 0.0621. The number of hydrogen-bond donors (Lipinski definition) is 1. The number of ether oxygens (including phenoxy) is 2. The molecular weight excluding hydrogens is 360 g/mol. The predicted octanol–water partition coefficient (Wildman–Crippen LogP) is 4.26. The molecule has 27 heavy (non-hydrogen) atoms. The van der Waals surface area contributed by atoms with Gasteiger partial charge in [0.15, 0.2) is 11.5 Å². The Morgan fingerprint density at radius 1 is 1.26 bits per heavy atom. The van der Waals surface area contributed by atoms with E-state index in [0.717, 1.165) is 42.3 Å². The van der Waals surface area contributed by atoms with Crippen molar-refractivity contribution in [3.63, 3.8) is 0 Å². The van der Waals surface area contributed by atoms with Gasteiger partial charge >= 0.3 is 0 Å². The van der Waals surface area contributed by atoms with E-state index in [9.17, 15) is 4.79 Å². The largest absolute Gasteiger partial charge is 0.493 e. The third-order valence-electron chi connectivity index (χ3n) is 5.32. The number of nitrogens with zero attached hydrogens (tertiary/aromatic N) is 2. The molecule has 2 heterocycles. The Bertz CT molecular complexity index is 912. The van der Waals surface area contributed by atoms with E-state index in [2.05, 4.69) is 24.5 Å². The second-order valence-corrected chi connectivity index (χ2v) is 7.81. The number of thiol groups is 1. The van der Waals surface area contributed by atoms with Crippen molar-refractivity contribution in [1.29, 1.82) is 0 Å². The summed E-state index contributed by atoms with van der Waals surface area (Å²) in [6.45, 7) is 3.39. The van der Waals surface area contributed by atoms with Crippen molar-refractivity contribution in [2.75, 3.05) is 20.3 Å². The number of aliphatic imine (C=N–C) groups is 1. The van der Waals surface area contributed by atoms with Gasteiger partial charge in [-0.25, -0.2) is 0 Å². The number of methoxy groups -OCH3 is 1. The standard InChI is InChI=1S/C21H24N2O3S/c1-3-16(27)12-26-20-10-14-8-18-17(7-13(14)9-19(20)25-2)21(24)23-6-4-5-15(23)11-22-18/h7-11,15-16,27H,3-6,12H2,1-2H3. The molecule has 6 heteroatoms. The van der Waals surface area contributed by atoms with Gasteiger partial charge in [-0.15, -0.1) is 0 Å². The lowest BCUT2D eigenvalue weighted by Crippen LogP contribution is -2.35. The molecule has 0 aromatic heterocycles. The molecule has 0 saturated carbocycles. The summed E-state index contributed by atoms with van der Waals surface area (Å²) >= 11 is 4.49. The second kappa shape index (κ2) is 7.43. The summed E-state index contributed by atoms with van der Waals surface area (Å²) in [7, 11) is 1.62. The highest BCUT2D eigenvalue weighted by atomic mass is 32.1. The minimum atomic E-state index is 0.0621. The Labute approximate surface area is 164 Å². The quantitative estimate of drug-likeness (QED) is 0.784. The number of rotatable bonds is 5. The van der Waals surface area contributed by atoms with Crippen LogP contribution in [0.15, 0.2) is 29.3 Å². The van der Waals surface area contributed by atoms with Gasteiger partial charge in [-0.2, -0.15) is 12.6 Å².